The first-order valence-electron chi connectivity index (χ1n) is 4.45. The smallest absolute Gasteiger partial charge is 0.377 e. The van der Waals surface area contributed by atoms with Gasteiger partial charge in [-0.3, -0.25) is 0 Å². The molecule has 0 aromatic rings. The molecule has 0 bridgehead atoms. The fraction of sp³-hybridized carbons (Fsp3) is 1.00. The molecular weight excluding hydrogens is 227 g/mol. The second kappa shape index (κ2) is 8.18. The SMILES string of the molecule is C1CO1.C1CO1.CC1CO1.O=P(O)(O)O. The minimum Gasteiger partial charge on any atom is -0.377 e. The summed E-state index contributed by atoms with van der Waals surface area (Å²) in [6.07, 6.45) is 0.583. The molecule has 15 heavy (non-hydrogen) atoms. The van der Waals surface area contributed by atoms with Gasteiger partial charge in [-0.2, -0.15) is 0 Å². The van der Waals surface area contributed by atoms with Crippen LogP contribution in [0.1, 0.15) is 6.92 Å². The molecule has 0 radical (unpaired) electrons. The van der Waals surface area contributed by atoms with Crippen LogP contribution in [0.15, 0.2) is 0 Å². The van der Waals surface area contributed by atoms with Crippen molar-refractivity contribution in [2.75, 3.05) is 33.0 Å². The van der Waals surface area contributed by atoms with Crippen molar-refractivity contribution in [3.63, 3.8) is 0 Å². The third-order valence-corrected chi connectivity index (χ3v) is 0.908. The predicted molar refractivity (Wildman–Crippen MR) is 51.3 cm³/mol. The van der Waals surface area contributed by atoms with Crippen LogP contribution in [-0.2, 0) is 18.8 Å². The zero-order valence-electron chi connectivity index (χ0n) is 8.53. The van der Waals surface area contributed by atoms with Crippen molar-refractivity contribution in [1.29, 1.82) is 0 Å². The summed E-state index contributed by atoms with van der Waals surface area (Å²) in [6.45, 7) is 7.04. The summed E-state index contributed by atoms with van der Waals surface area (Å²) in [7, 11) is -4.64. The molecular formula is C7H17O7P. The van der Waals surface area contributed by atoms with Gasteiger partial charge in [0.25, 0.3) is 0 Å². The van der Waals surface area contributed by atoms with Crippen LogP contribution in [0.3, 0.4) is 0 Å². The summed E-state index contributed by atoms with van der Waals surface area (Å²) in [6, 6.07) is 0. The summed E-state index contributed by atoms with van der Waals surface area (Å²) in [5.74, 6) is 0. The molecule has 1 unspecified atom stereocenters. The molecule has 0 saturated carbocycles. The summed E-state index contributed by atoms with van der Waals surface area (Å²) in [4.78, 5) is 21.6. The predicted octanol–water partition coefficient (Wildman–Crippen LogP) is -0.490. The topological polar surface area (TPSA) is 115 Å². The Labute approximate surface area is 88.2 Å². The normalized spacial score (nSPS) is 24.1. The molecule has 3 saturated heterocycles. The first-order valence-corrected chi connectivity index (χ1v) is 6.01. The molecule has 92 valence electrons. The quantitative estimate of drug-likeness (QED) is 0.389. The fourth-order valence-electron chi connectivity index (χ4n) is 0.0962. The van der Waals surface area contributed by atoms with Gasteiger partial charge < -0.3 is 28.9 Å². The van der Waals surface area contributed by atoms with Crippen molar-refractivity contribution >= 4 is 7.82 Å². The largest absolute Gasteiger partial charge is 0.466 e. The number of ether oxygens (including phenoxy) is 3. The summed E-state index contributed by atoms with van der Waals surface area (Å²) in [5, 5.41) is 0. The van der Waals surface area contributed by atoms with Gasteiger partial charge in [0.15, 0.2) is 0 Å². The second-order valence-corrected chi connectivity index (χ2v) is 3.91. The van der Waals surface area contributed by atoms with Gasteiger partial charge in [0.05, 0.1) is 39.1 Å². The average molecular weight is 244 g/mol. The second-order valence-electron chi connectivity index (χ2n) is 2.88. The third-order valence-electron chi connectivity index (χ3n) is 0.908. The lowest BCUT2D eigenvalue weighted by molar-refractivity contribution is 0.275. The zero-order chi connectivity index (χ0) is 11.7. The van der Waals surface area contributed by atoms with Gasteiger partial charge in [0, 0.05) is 0 Å². The Kier molecular flexibility index (Phi) is 8.17. The molecule has 0 aromatic carbocycles. The van der Waals surface area contributed by atoms with E-state index in [4.69, 9.17) is 24.0 Å². The number of phosphoric acid groups is 1. The van der Waals surface area contributed by atoms with Gasteiger partial charge in [0.1, 0.15) is 0 Å². The Morgan fingerprint density at radius 3 is 1.20 bits per heavy atom. The standard InChI is InChI=1S/C3H6O.2C2H4O.H3O4P/c1-3-2-4-3;2*1-2-3-1;1-5(2,3)4/h3H,2H2,1H3;2*1-2H2;(H3,1,2,3,4). The minimum atomic E-state index is -4.64. The number of rotatable bonds is 0. The van der Waals surface area contributed by atoms with Crippen LogP contribution < -0.4 is 0 Å². The van der Waals surface area contributed by atoms with Gasteiger partial charge in [-0.05, 0) is 6.92 Å². The van der Waals surface area contributed by atoms with E-state index in [9.17, 15) is 0 Å². The van der Waals surface area contributed by atoms with E-state index in [-0.39, 0.29) is 0 Å². The van der Waals surface area contributed by atoms with Crippen molar-refractivity contribution in [3.8, 4) is 0 Å². The van der Waals surface area contributed by atoms with Crippen molar-refractivity contribution in [1.82, 2.24) is 0 Å². The van der Waals surface area contributed by atoms with Crippen LogP contribution in [0, 0.1) is 0 Å². The van der Waals surface area contributed by atoms with Gasteiger partial charge in [0.2, 0.25) is 0 Å². The summed E-state index contributed by atoms with van der Waals surface area (Å²) in [5.41, 5.74) is 0. The first kappa shape index (κ1) is 15.0. The lowest BCUT2D eigenvalue weighted by atomic mass is 10.6. The van der Waals surface area contributed by atoms with Crippen LogP contribution in [-0.4, -0.2) is 53.8 Å². The Bertz CT molecular complexity index is 164. The van der Waals surface area contributed by atoms with Crippen molar-refractivity contribution in [2.24, 2.45) is 0 Å². The first-order chi connectivity index (χ1) is 6.89. The van der Waals surface area contributed by atoms with E-state index in [1.54, 1.807) is 0 Å². The zero-order valence-corrected chi connectivity index (χ0v) is 9.43. The minimum absolute atomic E-state index is 0.583. The van der Waals surface area contributed by atoms with E-state index in [0.717, 1.165) is 33.0 Å². The molecule has 3 rings (SSSR count). The maximum absolute atomic E-state index is 8.88. The lowest BCUT2D eigenvalue weighted by Crippen LogP contribution is -1.66. The van der Waals surface area contributed by atoms with Crippen molar-refractivity contribution in [2.45, 2.75) is 13.0 Å². The monoisotopic (exact) mass is 244 g/mol. The maximum atomic E-state index is 8.88. The molecule has 1 atom stereocenters. The van der Waals surface area contributed by atoms with Gasteiger partial charge >= 0.3 is 7.82 Å². The summed E-state index contributed by atoms with van der Waals surface area (Å²) >= 11 is 0. The molecule has 7 nitrogen and oxygen atoms in total. The van der Waals surface area contributed by atoms with Gasteiger partial charge in [-0.15, -0.1) is 0 Å². The molecule has 0 spiro atoms. The van der Waals surface area contributed by atoms with Crippen LogP contribution in [0.25, 0.3) is 0 Å². The highest BCUT2D eigenvalue weighted by atomic mass is 31.2. The Hall–Kier alpha value is -0.0100. The van der Waals surface area contributed by atoms with E-state index < -0.39 is 7.82 Å². The Balaban J connectivity index is 0.000000177. The lowest BCUT2D eigenvalue weighted by Gasteiger charge is -1.82. The molecule has 3 aliphatic heterocycles. The molecule has 3 fully saturated rings. The number of epoxide rings is 3. The molecule has 3 aliphatic rings. The average Bonchev–Trinajstić information content (AvgIpc) is 2.87. The van der Waals surface area contributed by atoms with Crippen LogP contribution in [0.5, 0.6) is 0 Å². The van der Waals surface area contributed by atoms with E-state index >= 15 is 0 Å². The summed E-state index contributed by atoms with van der Waals surface area (Å²) < 4.78 is 22.6. The van der Waals surface area contributed by atoms with Crippen molar-refractivity contribution in [3.05, 3.63) is 0 Å². The Morgan fingerprint density at radius 2 is 1.20 bits per heavy atom. The number of hydrogen-bond acceptors (Lipinski definition) is 4. The number of hydrogen-bond donors (Lipinski definition) is 3. The van der Waals surface area contributed by atoms with E-state index in [2.05, 4.69) is 16.4 Å². The van der Waals surface area contributed by atoms with Gasteiger partial charge in [-0.25, -0.2) is 4.57 Å². The van der Waals surface area contributed by atoms with E-state index in [0.29, 0.717) is 6.10 Å². The molecule has 3 N–H and O–H groups in total. The highest BCUT2D eigenvalue weighted by Crippen LogP contribution is 2.25. The molecule has 8 heteroatoms. The van der Waals surface area contributed by atoms with Crippen LogP contribution in [0.4, 0.5) is 0 Å². The maximum Gasteiger partial charge on any atom is 0.466 e. The highest BCUT2D eigenvalue weighted by molar-refractivity contribution is 7.45. The molecule has 0 aliphatic carbocycles. The van der Waals surface area contributed by atoms with Crippen LogP contribution >= 0.6 is 7.82 Å². The Morgan fingerprint density at radius 1 is 1.07 bits per heavy atom. The van der Waals surface area contributed by atoms with E-state index in [1.165, 1.54) is 0 Å². The van der Waals surface area contributed by atoms with Crippen LogP contribution in [0.2, 0.25) is 0 Å². The molecule has 0 amide bonds. The van der Waals surface area contributed by atoms with Crippen molar-refractivity contribution < 1.29 is 33.5 Å². The van der Waals surface area contributed by atoms with E-state index in [1.807, 2.05) is 0 Å². The van der Waals surface area contributed by atoms with Gasteiger partial charge in [-0.1, -0.05) is 0 Å². The molecule has 3 heterocycles. The highest BCUT2D eigenvalue weighted by Gasteiger charge is 2.13. The molecule has 0 aromatic heterocycles. The fourth-order valence-corrected chi connectivity index (χ4v) is 0.0962. The third kappa shape index (κ3) is 80.8.